The average molecular weight is 357 g/mol. The van der Waals surface area contributed by atoms with Crippen molar-refractivity contribution in [1.82, 2.24) is 8.94 Å². The molecule has 0 saturated heterocycles. The SMILES string of the molecule is O=c1c2ccccc2sn1-c1cccc2cc(Br)cnc12. The summed E-state index contributed by atoms with van der Waals surface area (Å²) >= 11 is 4.88. The number of fused-ring (bicyclic) bond motifs is 2. The molecule has 102 valence electrons. The number of hydrogen-bond donors (Lipinski definition) is 0. The van der Waals surface area contributed by atoms with Gasteiger partial charge >= 0.3 is 0 Å². The summed E-state index contributed by atoms with van der Waals surface area (Å²) in [5.74, 6) is 0. The lowest BCUT2D eigenvalue weighted by molar-refractivity contribution is 1.15. The van der Waals surface area contributed by atoms with E-state index in [2.05, 4.69) is 20.9 Å². The van der Waals surface area contributed by atoms with E-state index < -0.39 is 0 Å². The second-order valence-electron chi connectivity index (χ2n) is 4.69. The molecule has 0 bridgehead atoms. The van der Waals surface area contributed by atoms with Crippen molar-refractivity contribution < 1.29 is 0 Å². The van der Waals surface area contributed by atoms with Gasteiger partial charge in [0.15, 0.2) is 0 Å². The molecule has 0 saturated carbocycles. The Balaban J connectivity index is 2.09. The molecule has 21 heavy (non-hydrogen) atoms. The Bertz CT molecular complexity index is 1040. The maximum absolute atomic E-state index is 12.6. The van der Waals surface area contributed by atoms with E-state index in [-0.39, 0.29) is 5.56 Å². The highest BCUT2D eigenvalue weighted by Gasteiger charge is 2.11. The number of hydrogen-bond acceptors (Lipinski definition) is 3. The van der Waals surface area contributed by atoms with Crippen LogP contribution < -0.4 is 5.56 Å². The summed E-state index contributed by atoms with van der Waals surface area (Å²) < 4.78 is 3.63. The van der Waals surface area contributed by atoms with Gasteiger partial charge in [-0.15, -0.1) is 0 Å². The van der Waals surface area contributed by atoms with Crippen LogP contribution >= 0.6 is 27.5 Å². The zero-order chi connectivity index (χ0) is 14.4. The second kappa shape index (κ2) is 4.79. The fourth-order valence-corrected chi connectivity index (χ4v) is 3.78. The van der Waals surface area contributed by atoms with Crippen LogP contribution in [0.4, 0.5) is 0 Å². The molecule has 5 heteroatoms. The number of halogens is 1. The quantitative estimate of drug-likeness (QED) is 0.507. The smallest absolute Gasteiger partial charge is 0.267 e. The Morgan fingerprint density at radius 2 is 1.95 bits per heavy atom. The number of rotatable bonds is 1. The van der Waals surface area contributed by atoms with Crippen LogP contribution in [0, 0.1) is 0 Å². The summed E-state index contributed by atoms with van der Waals surface area (Å²) in [4.78, 5) is 17.0. The van der Waals surface area contributed by atoms with Crippen LogP contribution in [-0.2, 0) is 0 Å². The van der Waals surface area contributed by atoms with Gasteiger partial charge in [-0.2, -0.15) is 0 Å². The van der Waals surface area contributed by atoms with Crippen LogP contribution in [0.15, 0.2) is 64.0 Å². The Kier molecular flexibility index (Phi) is 2.90. The summed E-state index contributed by atoms with van der Waals surface area (Å²) in [7, 11) is 0. The van der Waals surface area contributed by atoms with Gasteiger partial charge in [-0.1, -0.05) is 35.8 Å². The molecule has 0 unspecified atom stereocenters. The summed E-state index contributed by atoms with van der Waals surface area (Å²) in [5, 5.41) is 1.75. The van der Waals surface area contributed by atoms with Crippen LogP contribution in [0.5, 0.6) is 0 Å². The van der Waals surface area contributed by atoms with Crippen LogP contribution in [0.2, 0.25) is 0 Å². The first kappa shape index (κ1) is 12.7. The van der Waals surface area contributed by atoms with E-state index in [0.717, 1.165) is 31.1 Å². The molecular formula is C16H9BrN2OS. The molecule has 0 amide bonds. The van der Waals surface area contributed by atoms with Crippen molar-refractivity contribution in [3.8, 4) is 5.69 Å². The molecule has 0 fully saturated rings. The molecular weight excluding hydrogens is 348 g/mol. The van der Waals surface area contributed by atoms with Crippen molar-refractivity contribution in [1.29, 1.82) is 0 Å². The Hall–Kier alpha value is -1.98. The van der Waals surface area contributed by atoms with E-state index in [4.69, 9.17) is 0 Å². The molecule has 0 radical (unpaired) electrons. The highest BCUT2D eigenvalue weighted by Crippen LogP contribution is 2.26. The number of pyridine rings is 1. The molecule has 0 aliphatic rings. The predicted molar refractivity (Wildman–Crippen MR) is 90.4 cm³/mol. The minimum atomic E-state index is 0.00724. The van der Waals surface area contributed by atoms with Gasteiger partial charge in [-0.3, -0.25) is 9.78 Å². The van der Waals surface area contributed by atoms with E-state index in [0.29, 0.717) is 0 Å². The van der Waals surface area contributed by atoms with E-state index in [1.54, 1.807) is 10.2 Å². The first-order chi connectivity index (χ1) is 10.2. The van der Waals surface area contributed by atoms with Gasteiger partial charge in [-0.05, 0) is 40.2 Å². The first-order valence-electron chi connectivity index (χ1n) is 6.40. The van der Waals surface area contributed by atoms with E-state index >= 15 is 0 Å². The van der Waals surface area contributed by atoms with Gasteiger partial charge in [-0.25, -0.2) is 3.96 Å². The van der Waals surface area contributed by atoms with Gasteiger partial charge in [0.1, 0.15) is 0 Å². The minimum absolute atomic E-state index is 0.00724. The van der Waals surface area contributed by atoms with Crippen molar-refractivity contribution in [2.75, 3.05) is 0 Å². The second-order valence-corrected chi connectivity index (χ2v) is 6.59. The normalized spacial score (nSPS) is 11.3. The minimum Gasteiger partial charge on any atom is -0.267 e. The zero-order valence-corrected chi connectivity index (χ0v) is 13.2. The number of aromatic nitrogens is 2. The van der Waals surface area contributed by atoms with Crippen molar-refractivity contribution >= 4 is 48.5 Å². The van der Waals surface area contributed by atoms with Gasteiger partial charge in [0.25, 0.3) is 5.56 Å². The lowest BCUT2D eigenvalue weighted by atomic mass is 10.2. The molecule has 0 aliphatic carbocycles. The molecule has 0 spiro atoms. The topological polar surface area (TPSA) is 34.9 Å². The van der Waals surface area contributed by atoms with Crippen LogP contribution in [0.25, 0.3) is 26.7 Å². The fraction of sp³-hybridized carbons (Fsp3) is 0. The molecule has 2 aromatic heterocycles. The Morgan fingerprint density at radius 3 is 2.81 bits per heavy atom. The predicted octanol–water partition coefficient (Wildman–Crippen LogP) is 4.36. The van der Waals surface area contributed by atoms with E-state index in [9.17, 15) is 4.79 Å². The number of benzene rings is 2. The summed E-state index contributed by atoms with van der Waals surface area (Å²) in [6, 6.07) is 15.5. The molecule has 0 atom stereocenters. The van der Waals surface area contributed by atoms with Gasteiger partial charge in [0.05, 0.1) is 21.3 Å². The molecule has 0 aliphatic heterocycles. The van der Waals surface area contributed by atoms with Crippen molar-refractivity contribution in [2.24, 2.45) is 0 Å². The number of nitrogens with zero attached hydrogens (tertiary/aromatic N) is 2. The maximum atomic E-state index is 12.6. The molecule has 4 rings (SSSR count). The summed E-state index contributed by atoms with van der Waals surface area (Å²) in [5.41, 5.74) is 1.66. The third kappa shape index (κ3) is 2.01. The molecule has 0 N–H and O–H groups in total. The molecule has 2 aromatic carbocycles. The van der Waals surface area contributed by atoms with Crippen LogP contribution in [0.1, 0.15) is 0 Å². The van der Waals surface area contributed by atoms with E-state index in [1.807, 2.05) is 48.5 Å². The number of para-hydroxylation sites is 1. The highest BCUT2D eigenvalue weighted by molar-refractivity contribution is 9.10. The van der Waals surface area contributed by atoms with Crippen LogP contribution in [-0.4, -0.2) is 8.94 Å². The third-order valence-corrected chi connectivity index (χ3v) is 4.90. The zero-order valence-electron chi connectivity index (χ0n) is 10.8. The first-order valence-corrected chi connectivity index (χ1v) is 7.96. The summed E-state index contributed by atoms with van der Waals surface area (Å²) in [6.45, 7) is 0. The van der Waals surface area contributed by atoms with Gasteiger partial charge < -0.3 is 0 Å². The lowest BCUT2D eigenvalue weighted by Crippen LogP contribution is -2.11. The lowest BCUT2D eigenvalue weighted by Gasteiger charge is -2.05. The molecule has 3 nitrogen and oxygen atoms in total. The monoisotopic (exact) mass is 356 g/mol. The van der Waals surface area contributed by atoms with Crippen molar-refractivity contribution in [2.45, 2.75) is 0 Å². The largest absolute Gasteiger partial charge is 0.273 e. The third-order valence-electron chi connectivity index (χ3n) is 3.37. The summed E-state index contributed by atoms with van der Waals surface area (Å²) in [6.07, 6.45) is 1.75. The molecule has 2 heterocycles. The average Bonchev–Trinajstić information content (AvgIpc) is 2.84. The van der Waals surface area contributed by atoms with Crippen molar-refractivity contribution in [3.63, 3.8) is 0 Å². The molecule has 4 aromatic rings. The Labute approximate surface area is 132 Å². The van der Waals surface area contributed by atoms with Crippen molar-refractivity contribution in [3.05, 3.63) is 69.6 Å². The fourth-order valence-electron chi connectivity index (χ4n) is 2.41. The Morgan fingerprint density at radius 1 is 1.10 bits per heavy atom. The van der Waals surface area contributed by atoms with Gasteiger partial charge in [0, 0.05) is 16.1 Å². The maximum Gasteiger partial charge on any atom is 0.273 e. The van der Waals surface area contributed by atoms with E-state index in [1.165, 1.54) is 11.5 Å². The standard InChI is InChI=1S/C16H9BrN2OS/c17-11-8-10-4-3-6-13(15(10)18-9-11)19-16(20)12-5-1-2-7-14(12)21-19/h1-9H. The van der Waals surface area contributed by atoms with Gasteiger partial charge in [0.2, 0.25) is 0 Å². The highest BCUT2D eigenvalue weighted by atomic mass is 79.9. The van der Waals surface area contributed by atoms with Crippen LogP contribution in [0.3, 0.4) is 0 Å².